The molecule has 1 rings (SSSR count). The van der Waals surface area contributed by atoms with E-state index in [9.17, 15) is 4.79 Å². The third kappa shape index (κ3) is 6.22. The van der Waals surface area contributed by atoms with Gasteiger partial charge in [-0.05, 0) is 59.1 Å². The first-order valence-electron chi connectivity index (χ1n) is 8.32. The molecule has 126 valence electrons. The van der Waals surface area contributed by atoms with E-state index < -0.39 is 0 Å². The predicted octanol–water partition coefficient (Wildman–Crippen LogP) is 3.73. The molecule has 1 aliphatic rings. The van der Waals surface area contributed by atoms with E-state index in [4.69, 9.17) is 9.47 Å². The fourth-order valence-electron chi connectivity index (χ4n) is 2.51. The predicted molar refractivity (Wildman–Crippen MR) is 89.5 cm³/mol. The summed E-state index contributed by atoms with van der Waals surface area (Å²) in [6.45, 7) is 12.8. The van der Waals surface area contributed by atoms with Gasteiger partial charge in [-0.15, -0.1) is 0 Å². The Morgan fingerprint density at radius 2 is 1.95 bits per heavy atom. The zero-order valence-corrected chi connectivity index (χ0v) is 14.9. The maximum atomic E-state index is 12.1. The Morgan fingerprint density at radius 3 is 2.45 bits per heavy atom. The number of carbonyl (C=O) groups is 1. The molecular weight excluding hydrogens is 278 g/mol. The molecule has 0 fully saturated rings. The van der Waals surface area contributed by atoms with Gasteiger partial charge in [-0.1, -0.05) is 13.8 Å². The maximum Gasteiger partial charge on any atom is 0.334 e. The highest BCUT2D eigenvalue weighted by atomic mass is 16.5. The molecule has 0 heterocycles. The van der Waals surface area contributed by atoms with Crippen LogP contribution in [0.2, 0.25) is 0 Å². The van der Waals surface area contributed by atoms with Gasteiger partial charge in [0.05, 0.1) is 12.7 Å². The fraction of sp³-hybridized carbons (Fsp3) is 0.722. The van der Waals surface area contributed by atoms with Gasteiger partial charge in [-0.25, -0.2) is 4.79 Å². The Balaban J connectivity index is 2.93. The molecule has 1 atom stereocenters. The smallest absolute Gasteiger partial charge is 0.334 e. The van der Waals surface area contributed by atoms with Crippen LogP contribution in [0.3, 0.4) is 0 Å². The highest BCUT2D eigenvalue weighted by Crippen LogP contribution is 2.23. The Hall–Kier alpha value is -1.29. The van der Waals surface area contributed by atoms with Gasteiger partial charge < -0.3 is 14.8 Å². The summed E-state index contributed by atoms with van der Waals surface area (Å²) in [5, 5.41) is 3.52. The first kappa shape index (κ1) is 18.8. The minimum atomic E-state index is -0.248. The van der Waals surface area contributed by atoms with Crippen LogP contribution in [0, 0.1) is 0 Å². The number of ether oxygens (including phenoxy) is 2. The minimum absolute atomic E-state index is 0.0295. The van der Waals surface area contributed by atoms with Crippen LogP contribution in [0.15, 0.2) is 23.5 Å². The van der Waals surface area contributed by atoms with Crippen LogP contribution < -0.4 is 5.32 Å². The second-order valence-electron chi connectivity index (χ2n) is 6.72. The van der Waals surface area contributed by atoms with Crippen LogP contribution in [0.5, 0.6) is 0 Å². The molecule has 0 aromatic carbocycles. The van der Waals surface area contributed by atoms with Crippen LogP contribution in [0.25, 0.3) is 0 Å². The normalized spacial score (nSPS) is 18.8. The van der Waals surface area contributed by atoms with Crippen molar-refractivity contribution in [1.82, 2.24) is 5.32 Å². The maximum absolute atomic E-state index is 12.1. The lowest BCUT2D eigenvalue weighted by Crippen LogP contribution is -2.44. The lowest BCUT2D eigenvalue weighted by molar-refractivity contribution is -0.138. The van der Waals surface area contributed by atoms with Gasteiger partial charge >= 0.3 is 5.97 Å². The molecule has 22 heavy (non-hydrogen) atoms. The Morgan fingerprint density at radius 1 is 1.32 bits per heavy atom. The van der Waals surface area contributed by atoms with E-state index in [2.05, 4.69) is 46.0 Å². The zero-order chi connectivity index (χ0) is 16.8. The SMILES string of the molecule is CCOC(=O)C1=CC(OC(CC)CC)=C[C@H](NC(C)(C)C)C1. The topological polar surface area (TPSA) is 47.6 Å². The molecule has 0 radical (unpaired) electrons. The van der Waals surface area contributed by atoms with Crippen LogP contribution in [0.4, 0.5) is 0 Å². The van der Waals surface area contributed by atoms with Gasteiger partial charge in [0.1, 0.15) is 5.76 Å². The van der Waals surface area contributed by atoms with E-state index in [-0.39, 0.29) is 23.7 Å². The van der Waals surface area contributed by atoms with E-state index in [0.717, 1.165) is 18.6 Å². The molecule has 0 spiro atoms. The van der Waals surface area contributed by atoms with Crippen molar-refractivity contribution in [1.29, 1.82) is 0 Å². The Kier molecular flexibility index (Phi) is 7.14. The van der Waals surface area contributed by atoms with Gasteiger partial charge in [0, 0.05) is 17.2 Å². The van der Waals surface area contributed by atoms with Gasteiger partial charge in [0.2, 0.25) is 0 Å². The molecule has 0 amide bonds. The lowest BCUT2D eigenvalue weighted by atomic mass is 9.96. The van der Waals surface area contributed by atoms with Crippen LogP contribution in [0.1, 0.15) is 60.8 Å². The number of rotatable bonds is 7. The minimum Gasteiger partial charge on any atom is -0.491 e. The van der Waals surface area contributed by atoms with Crippen molar-refractivity contribution in [2.75, 3.05) is 6.61 Å². The van der Waals surface area contributed by atoms with E-state index in [1.807, 2.05) is 13.0 Å². The van der Waals surface area contributed by atoms with Crippen molar-refractivity contribution in [2.45, 2.75) is 78.5 Å². The van der Waals surface area contributed by atoms with Crippen molar-refractivity contribution in [3.8, 4) is 0 Å². The van der Waals surface area contributed by atoms with Crippen molar-refractivity contribution in [3.63, 3.8) is 0 Å². The summed E-state index contributed by atoms with van der Waals surface area (Å²) >= 11 is 0. The number of hydrogen-bond donors (Lipinski definition) is 1. The molecule has 0 aromatic rings. The number of carbonyl (C=O) groups excluding carboxylic acids is 1. The number of hydrogen-bond acceptors (Lipinski definition) is 4. The van der Waals surface area contributed by atoms with E-state index in [1.165, 1.54) is 0 Å². The fourth-order valence-corrected chi connectivity index (χ4v) is 2.51. The van der Waals surface area contributed by atoms with Crippen molar-refractivity contribution >= 4 is 5.97 Å². The first-order valence-corrected chi connectivity index (χ1v) is 8.32. The number of esters is 1. The summed E-state index contributed by atoms with van der Waals surface area (Å²) in [6.07, 6.45) is 6.62. The Labute approximate surface area is 134 Å². The second-order valence-corrected chi connectivity index (χ2v) is 6.72. The summed E-state index contributed by atoms with van der Waals surface area (Å²) in [6, 6.07) is 0.0776. The van der Waals surface area contributed by atoms with Crippen LogP contribution in [-0.4, -0.2) is 30.3 Å². The quantitative estimate of drug-likeness (QED) is 0.728. The van der Waals surface area contributed by atoms with Gasteiger partial charge in [-0.3, -0.25) is 0 Å². The van der Waals surface area contributed by atoms with Crippen molar-refractivity contribution in [2.24, 2.45) is 0 Å². The zero-order valence-electron chi connectivity index (χ0n) is 14.9. The molecule has 0 saturated heterocycles. The molecule has 0 bridgehead atoms. The van der Waals surface area contributed by atoms with E-state index in [0.29, 0.717) is 18.6 Å². The largest absolute Gasteiger partial charge is 0.491 e. The van der Waals surface area contributed by atoms with Gasteiger partial charge in [0.15, 0.2) is 0 Å². The summed E-state index contributed by atoms with van der Waals surface area (Å²) in [5.41, 5.74) is 0.644. The summed E-state index contributed by atoms with van der Waals surface area (Å²) in [4.78, 5) is 12.1. The van der Waals surface area contributed by atoms with E-state index >= 15 is 0 Å². The number of allylic oxidation sites excluding steroid dienone is 1. The first-order chi connectivity index (χ1) is 10.3. The molecule has 1 aliphatic carbocycles. The molecule has 4 heteroatoms. The Bertz CT molecular complexity index is 428. The van der Waals surface area contributed by atoms with Gasteiger partial charge in [-0.2, -0.15) is 0 Å². The van der Waals surface area contributed by atoms with Gasteiger partial charge in [0.25, 0.3) is 0 Å². The monoisotopic (exact) mass is 309 g/mol. The summed E-state index contributed by atoms with van der Waals surface area (Å²) in [7, 11) is 0. The highest BCUT2D eigenvalue weighted by Gasteiger charge is 2.25. The standard InChI is InChI=1S/C18H31NO3/c1-7-15(8-2)22-16-11-13(17(20)21-9-3)10-14(12-16)19-18(4,5)6/h11-12,14-15,19H,7-10H2,1-6H3/t14-/m1/s1. The molecule has 0 aromatic heterocycles. The third-order valence-corrected chi connectivity index (χ3v) is 3.49. The van der Waals surface area contributed by atoms with Crippen molar-refractivity contribution < 1.29 is 14.3 Å². The molecule has 0 saturated carbocycles. The van der Waals surface area contributed by atoms with Crippen molar-refractivity contribution in [3.05, 3.63) is 23.5 Å². The molecule has 4 nitrogen and oxygen atoms in total. The van der Waals surface area contributed by atoms with Crippen LogP contribution in [-0.2, 0) is 14.3 Å². The molecule has 0 aliphatic heterocycles. The average Bonchev–Trinajstić information content (AvgIpc) is 2.43. The average molecular weight is 309 g/mol. The lowest BCUT2D eigenvalue weighted by Gasteiger charge is -2.30. The second kappa shape index (κ2) is 8.37. The summed E-state index contributed by atoms with van der Waals surface area (Å²) in [5.74, 6) is 0.520. The third-order valence-electron chi connectivity index (χ3n) is 3.49. The number of nitrogens with one attached hydrogen (secondary N) is 1. The highest BCUT2D eigenvalue weighted by molar-refractivity contribution is 5.89. The summed E-state index contributed by atoms with van der Waals surface area (Å²) < 4.78 is 11.2. The molecule has 1 N–H and O–H groups in total. The van der Waals surface area contributed by atoms with Crippen LogP contribution >= 0.6 is 0 Å². The van der Waals surface area contributed by atoms with E-state index in [1.54, 1.807) is 0 Å². The molecular formula is C18H31NO3. The molecule has 0 unspecified atom stereocenters.